The fraction of sp³-hybridized carbons (Fsp3) is 0.333. The Bertz CT molecular complexity index is 1050. The molecule has 2 heterocycles. The fourth-order valence-electron chi connectivity index (χ4n) is 4.11. The fourth-order valence-corrected chi connectivity index (χ4v) is 5.58. The van der Waals surface area contributed by atoms with Crippen molar-refractivity contribution in [2.45, 2.75) is 30.6 Å². The predicted octanol–water partition coefficient (Wildman–Crippen LogP) is 4.05. The van der Waals surface area contributed by atoms with Crippen LogP contribution in [0.1, 0.15) is 30.0 Å². The third-order valence-electron chi connectivity index (χ3n) is 5.50. The van der Waals surface area contributed by atoms with Gasteiger partial charge in [-0.2, -0.15) is 4.31 Å². The van der Waals surface area contributed by atoms with E-state index in [1.54, 1.807) is 35.7 Å². The number of benzene rings is 2. The quantitative estimate of drug-likeness (QED) is 0.738. The lowest BCUT2D eigenvalue weighted by atomic mass is 9.88. The largest absolute Gasteiger partial charge is 0.497 e. The number of aryl methyl sites for hydroxylation is 1. The van der Waals surface area contributed by atoms with E-state index in [-0.39, 0.29) is 0 Å². The number of aromatic amines is 1. The average molecular weight is 385 g/mol. The topological polar surface area (TPSA) is 62.4 Å². The highest BCUT2D eigenvalue weighted by atomic mass is 32.2. The Morgan fingerprint density at radius 1 is 1.04 bits per heavy atom. The van der Waals surface area contributed by atoms with E-state index in [0.717, 1.165) is 18.4 Å². The van der Waals surface area contributed by atoms with Crippen molar-refractivity contribution in [3.05, 3.63) is 59.8 Å². The molecule has 0 atom stereocenters. The number of para-hydroxylation sites is 1. The number of H-pyrrole nitrogens is 1. The molecule has 1 fully saturated rings. The van der Waals surface area contributed by atoms with Crippen LogP contribution in [0.15, 0.2) is 53.4 Å². The predicted molar refractivity (Wildman–Crippen MR) is 107 cm³/mol. The van der Waals surface area contributed by atoms with Gasteiger partial charge in [0.25, 0.3) is 0 Å². The van der Waals surface area contributed by atoms with E-state index in [1.165, 1.54) is 16.6 Å². The van der Waals surface area contributed by atoms with Crippen LogP contribution in [-0.2, 0) is 10.0 Å². The molecule has 1 aliphatic heterocycles. The van der Waals surface area contributed by atoms with Crippen LogP contribution in [0.4, 0.5) is 0 Å². The van der Waals surface area contributed by atoms with Gasteiger partial charge in [0.05, 0.1) is 12.0 Å². The lowest BCUT2D eigenvalue weighted by molar-refractivity contribution is 0.320. The van der Waals surface area contributed by atoms with Gasteiger partial charge in [-0.25, -0.2) is 8.42 Å². The summed E-state index contributed by atoms with van der Waals surface area (Å²) in [4.78, 5) is 3.78. The summed E-state index contributed by atoms with van der Waals surface area (Å²) in [7, 11) is -1.89. The van der Waals surface area contributed by atoms with E-state index in [1.807, 2.05) is 6.07 Å². The maximum absolute atomic E-state index is 12.9. The molecular weight excluding hydrogens is 360 g/mol. The first-order valence-electron chi connectivity index (χ1n) is 9.22. The van der Waals surface area contributed by atoms with Gasteiger partial charge in [-0.05, 0) is 61.6 Å². The highest BCUT2D eigenvalue weighted by molar-refractivity contribution is 7.89. The standard InChI is InChI=1S/C21H24N2O3S/c1-15-21(19-5-3-4-6-20(19)22-15)16-11-13-23(14-12-16)27(24,25)18-9-7-17(26-2)8-10-18/h3-10,16,22H,11-14H2,1-2H3. The second-order valence-electron chi connectivity index (χ2n) is 7.06. The summed E-state index contributed by atoms with van der Waals surface area (Å²) in [5, 5.41) is 1.26. The maximum Gasteiger partial charge on any atom is 0.243 e. The summed E-state index contributed by atoms with van der Waals surface area (Å²) in [5.41, 5.74) is 3.68. The Hall–Kier alpha value is -2.31. The molecule has 1 saturated heterocycles. The summed E-state index contributed by atoms with van der Waals surface area (Å²) < 4.78 is 32.6. The van der Waals surface area contributed by atoms with Gasteiger partial charge in [-0.15, -0.1) is 0 Å². The van der Waals surface area contributed by atoms with E-state index in [0.29, 0.717) is 29.7 Å². The van der Waals surface area contributed by atoms with Crippen LogP contribution < -0.4 is 4.74 Å². The van der Waals surface area contributed by atoms with Crippen molar-refractivity contribution in [3.63, 3.8) is 0 Å². The molecular formula is C21H24N2O3S. The van der Waals surface area contributed by atoms with Crippen LogP contribution in [0, 0.1) is 6.92 Å². The van der Waals surface area contributed by atoms with Gasteiger partial charge in [-0.1, -0.05) is 18.2 Å². The first kappa shape index (κ1) is 18.1. The number of ether oxygens (including phenoxy) is 1. The summed E-state index contributed by atoms with van der Waals surface area (Å²) >= 11 is 0. The van der Waals surface area contributed by atoms with Crippen molar-refractivity contribution in [1.82, 2.24) is 9.29 Å². The van der Waals surface area contributed by atoms with E-state index in [2.05, 4.69) is 30.1 Å². The van der Waals surface area contributed by atoms with Crippen LogP contribution in [0.5, 0.6) is 5.75 Å². The van der Waals surface area contributed by atoms with E-state index >= 15 is 0 Å². The molecule has 0 bridgehead atoms. The van der Waals surface area contributed by atoms with Crippen molar-refractivity contribution in [1.29, 1.82) is 0 Å². The molecule has 6 heteroatoms. The second kappa shape index (κ2) is 7.02. The lowest BCUT2D eigenvalue weighted by Gasteiger charge is -2.31. The Morgan fingerprint density at radius 2 is 1.70 bits per heavy atom. The SMILES string of the molecule is COc1ccc(S(=O)(=O)N2CCC(c3c(C)[nH]c4ccccc34)CC2)cc1. The van der Waals surface area contributed by atoms with E-state index in [4.69, 9.17) is 4.74 Å². The summed E-state index contributed by atoms with van der Waals surface area (Å²) in [6.45, 7) is 3.19. The Labute approximate surface area is 160 Å². The molecule has 5 nitrogen and oxygen atoms in total. The number of hydrogen-bond donors (Lipinski definition) is 1. The summed E-state index contributed by atoms with van der Waals surface area (Å²) in [5.74, 6) is 1.03. The molecule has 27 heavy (non-hydrogen) atoms. The van der Waals surface area contributed by atoms with Crippen LogP contribution in [0.25, 0.3) is 10.9 Å². The first-order valence-corrected chi connectivity index (χ1v) is 10.7. The van der Waals surface area contributed by atoms with Gasteiger partial charge in [0.2, 0.25) is 10.0 Å². The van der Waals surface area contributed by atoms with Crippen molar-refractivity contribution in [3.8, 4) is 5.75 Å². The smallest absolute Gasteiger partial charge is 0.243 e. The monoisotopic (exact) mass is 384 g/mol. The van der Waals surface area contributed by atoms with Gasteiger partial charge in [-0.3, -0.25) is 0 Å². The second-order valence-corrected chi connectivity index (χ2v) is 9.00. The molecule has 142 valence electrons. The van der Waals surface area contributed by atoms with Crippen molar-refractivity contribution in [2.24, 2.45) is 0 Å². The van der Waals surface area contributed by atoms with Crippen LogP contribution in [0.3, 0.4) is 0 Å². The lowest BCUT2D eigenvalue weighted by Crippen LogP contribution is -2.37. The minimum Gasteiger partial charge on any atom is -0.497 e. The van der Waals surface area contributed by atoms with Gasteiger partial charge in [0.15, 0.2) is 0 Å². The number of nitrogens with zero attached hydrogens (tertiary/aromatic N) is 1. The molecule has 0 unspecified atom stereocenters. The number of aromatic nitrogens is 1. The van der Waals surface area contributed by atoms with Gasteiger partial charge in [0, 0.05) is 29.7 Å². The molecule has 0 amide bonds. The van der Waals surface area contributed by atoms with E-state index < -0.39 is 10.0 Å². The zero-order valence-corrected chi connectivity index (χ0v) is 16.4. The van der Waals surface area contributed by atoms with Crippen molar-refractivity contribution < 1.29 is 13.2 Å². The molecule has 1 aliphatic rings. The number of fused-ring (bicyclic) bond motifs is 1. The molecule has 0 radical (unpaired) electrons. The summed E-state index contributed by atoms with van der Waals surface area (Å²) in [6, 6.07) is 14.9. The first-order chi connectivity index (χ1) is 13.0. The van der Waals surface area contributed by atoms with Gasteiger partial charge < -0.3 is 9.72 Å². The Kier molecular flexibility index (Phi) is 4.70. The minimum absolute atomic E-state index is 0.324. The average Bonchev–Trinajstić information content (AvgIpc) is 3.04. The molecule has 0 aliphatic carbocycles. The third-order valence-corrected chi connectivity index (χ3v) is 7.42. The zero-order chi connectivity index (χ0) is 19.0. The normalized spacial score (nSPS) is 16.7. The molecule has 0 spiro atoms. The number of rotatable bonds is 4. The highest BCUT2D eigenvalue weighted by Crippen LogP contribution is 2.36. The number of piperidine rings is 1. The minimum atomic E-state index is -3.46. The Morgan fingerprint density at radius 3 is 2.37 bits per heavy atom. The number of nitrogens with one attached hydrogen (secondary N) is 1. The van der Waals surface area contributed by atoms with Crippen LogP contribution in [0.2, 0.25) is 0 Å². The maximum atomic E-state index is 12.9. The molecule has 1 aromatic heterocycles. The van der Waals surface area contributed by atoms with Crippen LogP contribution >= 0.6 is 0 Å². The van der Waals surface area contributed by atoms with Crippen LogP contribution in [-0.4, -0.2) is 37.9 Å². The Balaban J connectivity index is 1.53. The van der Waals surface area contributed by atoms with Crippen molar-refractivity contribution in [2.75, 3.05) is 20.2 Å². The third kappa shape index (κ3) is 3.24. The molecule has 0 saturated carbocycles. The highest BCUT2D eigenvalue weighted by Gasteiger charge is 2.31. The number of methoxy groups -OCH3 is 1. The number of hydrogen-bond acceptors (Lipinski definition) is 3. The van der Waals surface area contributed by atoms with Gasteiger partial charge >= 0.3 is 0 Å². The zero-order valence-electron chi connectivity index (χ0n) is 15.6. The molecule has 3 aromatic rings. The molecule has 2 aromatic carbocycles. The summed E-state index contributed by atoms with van der Waals surface area (Å²) in [6.07, 6.45) is 1.66. The molecule has 1 N–H and O–H groups in total. The van der Waals surface area contributed by atoms with E-state index in [9.17, 15) is 8.42 Å². The van der Waals surface area contributed by atoms with Gasteiger partial charge in [0.1, 0.15) is 5.75 Å². The van der Waals surface area contributed by atoms with Crippen molar-refractivity contribution >= 4 is 20.9 Å². The molecule has 4 rings (SSSR count). The number of sulfonamides is 1.